The molecule has 0 aliphatic heterocycles. The lowest BCUT2D eigenvalue weighted by molar-refractivity contribution is -0.139. The topological polar surface area (TPSA) is 86.8 Å². The van der Waals surface area contributed by atoms with Crippen LogP contribution in [0.5, 0.6) is 0 Å². The molecule has 3 rings (SSSR count). The highest BCUT2D eigenvalue weighted by atomic mass is 35.5. The summed E-state index contributed by atoms with van der Waals surface area (Å²) in [6.07, 6.45) is 0. The molecule has 0 spiro atoms. The number of likely N-dealkylation sites (N-methyl/N-ethyl adjacent to an activating group) is 1. The maximum absolute atomic E-state index is 13.7. The molecular weight excluding hydrogens is 498 g/mol. The van der Waals surface area contributed by atoms with Gasteiger partial charge in [-0.25, -0.2) is 8.42 Å². The van der Waals surface area contributed by atoms with E-state index in [4.69, 9.17) is 11.6 Å². The van der Waals surface area contributed by atoms with Crippen molar-refractivity contribution >= 4 is 39.1 Å². The third-order valence-corrected chi connectivity index (χ3v) is 7.89. The smallest absolute Gasteiger partial charge is 0.264 e. The Bertz CT molecular complexity index is 1330. The van der Waals surface area contributed by atoms with Crippen LogP contribution < -0.4 is 9.62 Å². The van der Waals surface area contributed by atoms with Crippen molar-refractivity contribution in [1.29, 1.82) is 0 Å². The number of carbonyl (C=O) groups is 2. The first-order chi connectivity index (χ1) is 17.0. The number of amides is 2. The number of anilines is 1. The summed E-state index contributed by atoms with van der Waals surface area (Å²) in [6, 6.07) is 19.5. The van der Waals surface area contributed by atoms with Gasteiger partial charge in [0.15, 0.2) is 0 Å². The molecule has 0 unspecified atom stereocenters. The van der Waals surface area contributed by atoms with Gasteiger partial charge in [-0.15, -0.1) is 0 Å². The second-order valence-electron chi connectivity index (χ2n) is 8.60. The zero-order valence-electron chi connectivity index (χ0n) is 20.7. The number of carbonyl (C=O) groups excluding carboxylic acids is 2. The first kappa shape index (κ1) is 27.2. The Morgan fingerprint density at radius 1 is 0.944 bits per heavy atom. The summed E-state index contributed by atoms with van der Waals surface area (Å²) in [7, 11) is -2.59. The summed E-state index contributed by atoms with van der Waals surface area (Å²) in [4.78, 5) is 27.6. The summed E-state index contributed by atoms with van der Waals surface area (Å²) >= 11 is 6.12. The number of aryl methyl sites for hydroxylation is 2. The van der Waals surface area contributed by atoms with Crippen LogP contribution in [0.25, 0.3) is 0 Å². The quantitative estimate of drug-likeness (QED) is 0.449. The highest BCUT2D eigenvalue weighted by Gasteiger charge is 2.32. The van der Waals surface area contributed by atoms with Crippen LogP contribution >= 0.6 is 11.6 Å². The van der Waals surface area contributed by atoms with Crippen LogP contribution in [0.3, 0.4) is 0 Å². The van der Waals surface area contributed by atoms with Crippen molar-refractivity contribution in [3.05, 3.63) is 94.5 Å². The van der Waals surface area contributed by atoms with Crippen LogP contribution in [-0.4, -0.2) is 44.8 Å². The van der Waals surface area contributed by atoms with E-state index in [1.807, 2.05) is 13.8 Å². The molecular formula is C27H30ClN3O4S. The van der Waals surface area contributed by atoms with Gasteiger partial charge < -0.3 is 10.2 Å². The first-order valence-electron chi connectivity index (χ1n) is 11.4. The van der Waals surface area contributed by atoms with Crippen molar-refractivity contribution in [2.75, 3.05) is 17.9 Å². The van der Waals surface area contributed by atoms with Gasteiger partial charge in [-0.3, -0.25) is 13.9 Å². The molecule has 36 heavy (non-hydrogen) atoms. The van der Waals surface area contributed by atoms with Crippen molar-refractivity contribution in [1.82, 2.24) is 10.2 Å². The Morgan fingerprint density at radius 2 is 1.53 bits per heavy atom. The average molecular weight is 528 g/mol. The van der Waals surface area contributed by atoms with Gasteiger partial charge in [0.25, 0.3) is 10.0 Å². The average Bonchev–Trinajstić information content (AvgIpc) is 2.85. The van der Waals surface area contributed by atoms with E-state index in [0.29, 0.717) is 10.7 Å². The summed E-state index contributed by atoms with van der Waals surface area (Å²) in [5, 5.41) is 3.06. The zero-order valence-corrected chi connectivity index (χ0v) is 22.3. The third-order valence-electron chi connectivity index (χ3n) is 5.87. The largest absolute Gasteiger partial charge is 0.357 e. The fraction of sp³-hybridized carbons (Fsp3) is 0.259. The second-order valence-corrected chi connectivity index (χ2v) is 10.9. The fourth-order valence-corrected chi connectivity index (χ4v) is 5.33. The van der Waals surface area contributed by atoms with Crippen molar-refractivity contribution in [3.8, 4) is 0 Å². The lowest BCUT2D eigenvalue weighted by atomic mass is 10.1. The number of rotatable bonds is 9. The monoisotopic (exact) mass is 527 g/mol. The molecule has 3 aromatic carbocycles. The molecule has 190 valence electrons. The molecule has 0 fully saturated rings. The number of sulfonamides is 1. The van der Waals surface area contributed by atoms with Crippen LogP contribution in [0.4, 0.5) is 5.69 Å². The highest BCUT2D eigenvalue weighted by molar-refractivity contribution is 7.92. The zero-order chi connectivity index (χ0) is 26.5. The predicted octanol–water partition coefficient (Wildman–Crippen LogP) is 4.32. The minimum absolute atomic E-state index is 0.0715. The standard InChI is InChI=1S/C27H30ClN3O4S/c1-19-8-12-24(13-9-19)31(36(34,35)25-14-10-20(2)11-15-25)18-26(32)30(21(3)27(33)29-4)17-22-6-5-7-23(28)16-22/h5-16,21H,17-18H2,1-4H3,(H,29,33)/t21-/m1/s1. The summed E-state index contributed by atoms with van der Waals surface area (Å²) in [5.41, 5.74) is 2.94. The molecule has 2 amide bonds. The first-order valence-corrected chi connectivity index (χ1v) is 13.3. The van der Waals surface area contributed by atoms with Crippen molar-refractivity contribution in [2.45, 2.75) is 38.3 Å². The van der Waals surface area contributed by atoms with Crippen molar-refractivity contribution in [3.63, 3.8) is 0 Å². The minimum Gasteiger partial charge on any atom is -0.357 e. The number of hydrogen-bond acceptors (Lipinski definition) is 4. The van der Waals surface area contributed by atoms with Crippen LogP contribution in [0.1, 0.15) is 23.6 Å². The van der Waals surface area contributed by atoms with Gasteiger partial charge in [-0.1, -0.05) is 59.1 Å². The molecule has 0 saturated carbocycles. The molecule has 7 nitrogen and oxygen atoms in total. The van der Waals surface area contributed by atoms with Gasteiger partial charge in [0.2, 0.25) is 11.8 Å². The molecule has 0 heterocycles. The molecule has 0 radical (unpaired) electrons. The number of hydrogen-bond donors (Lipinski definition) is 1. The Morgan fingerprint density at radius 3 is 2.08 bits per heavy atom. The lowest BCUT2D eigenvalue weighted by Crippen LogP contribution is -2.50. The SMILES string of the molecule is CNC(=O)[C@@H](C)N(Cc1cccc(Cl)c1)C(=O)CN(c1ccc(C)cc1)S(=O)(=O)c1ccc(C)cc1. The molecule has 1 N–H and O–H groups in total. The predicted molar refractivity (Wildman–Crippen MR) is 142 cm³/mol. The van der Waals surface area contributed by atoms with E-state index in [9.17, 15) is 18.0 Å². The van der Waals surface area contributed by atoms with E-state index in [-0.39, 0.29) is 17.3 Å². The van der Waals surface area contributed by atoms with E-state index in [2.05, 4.69) is 5.32 Å². The molecule has 0 aliphatic rings. The second kappa shape index (κ2) is 11.6. The van der Waals surface area contributed by atoms with E-state index in [1.165, 1.54) is 24.1 Å². The number of benzene rings is 3. The third kappa shape index (κ3) is 6.44. The van der Waals surface area contributed by atoms with Gasteiger partial charge in [0.05, 0.1) is 10.6 Å². The van der Waals surface area contributed by atoms with Gasteiger partial charge in [0.1, 0.15) is 12.6 Å². The summed E-state index contributed by atoms with van der Waals surface area (Å²) in [6.45, 7) is 4.96. The summed E-state index contributed by atoms with van der Waals surface area (Å²) < 4.78 is 28.5. The lowest BCUT2D eigenvalue weighted by Gasteiger charge is -2.31. The Labute approximate surface area is 217 Å². The van der Waals surface area contributed by atoms with Crippen molar-refractivity contribution < 1.29 is 18.0 Å². The van der Waals surface area contributed by atoms with E-state index in [1.54, 1.807) is 67.6 Å². The van der Waals surface area contributed by atoms with Crippen LogP contribution in [-0.2, 0) is 26.2 Å². The summed E-state index contributed by atoms with van der Waals surface area (Å²) in [5.74, 6) is -0.893. The van der Waals surface area contributed by atoms with Crippen molar-refractivity contribution in [2.24, 2.45) is 0 Å². The molecule has 3 aromatic rings. The van der Waals surface area contributed by atoms with Gasteiger partial charge in [0, 0.05) is 18.6 Å². The molecule has 9 heteroatoms. The van der Waals surface area contributed by atoms with Gasteiger partial charge >= 0.3 is 0 Å². The molecule has 1 atom stereocenters. The number of nitrogens with one attached hydrogen (secondary N) is 1. The van der Waals surface area contributed by atoms with Gasteiger partial charge in [-0.05, 0) is 62.7 Å². The number of halogens is 1. The van der Waals surface area contributed by atoms with E-state index < -0.39 is 28.5 Å². The maximum atomic E-state index is 13.7. The normalized spacial score (nSPS) is 12.0. The number of nitrogens with zero attached hydrogens (tertiary/aromatic N) is 2. The van der Waals surface area contributed by atoms with E-state index in [0.717, 1.165) is 21.0 Å². The van der Waals surface area contributed by atoms with Gasteiger partial charge in [-0.2, -0.15) is 0 Å². The van der Waals surface area contributed by atoms with E-state index >= 15 is 0 Å². The Kier molecular flexibility index (Phi) is 8.76. The highest BCUT2D eigenvalue weighted by Crippen LogP contribution is 2.25. The van der Waals surface area contributed by atoms with Crippen LogP contribution in [0, 0.1) is 13.8 Å². The molecule has 0 saturated heterocycles. The van der Waals surface area contributed by atoms with Crippen LogP contribution in [0.15, 0.2) is 77.7 Å². The molecule has 0 aliphatic carbocycles. The minimum atomic E-state index is -4.08. The van der Waals surface area contributed by atoms with Crippen LogP contribution in [0.2, 0.25) is 5.02 Å². The maximum Gasteiger partial charge on any atom is 0.264 e. The molecule has 0 bridgehead atoms. The Hall–Kier alpha value is -3.36. The fourth-order valence-electron chi connectivity index (χ4n) is 3.70. The molecule has 0 aromatic heterocycles. The Balaban J connectivity index is 2.02.